The van der Waals surface area contributed by atoms with Crippen molar-refractivity contribution in [2.24, 2.45) is 0 Å². The number of carbonyl (C=O) groups excluding carboxylic acids is 1. The van der Waals surface area contributed by atoms with Crippen molar-refractivity contribution in [1.29, 1.82) is 0 Å². The number of nitrogens with one attached hydrogen (secondary N) is 2. The zero-order valence-corrected chi connectivity index (χ0v) is 18.5. The van der Waals surface area contributed by atoms with Crippen LogP contribution in [0.2, 0.25) is 0 Å². The van der Waals surface area contributed by atoms with Gasteiger partial charge in [0.25, 0.3) is 0 Å². The van der Waals surface area contributed by atoms with Gasteiger partial charge in [0.15, 0.2) is 5.78 Å². The van der Waals surface area contributed by atoms with Gasteiger partial charge in [0, 0.05) is 41.4 Å². The minimum atomic E-state index is -3.68. The van der Waals surface area contributed by atoms with E-state index in [1.807, 2.05) is 24.3 Å². The number of fused-ring (bicyclic) bond motifs is 1. The van der Waals surface area contributed by atoms with Crippen LogP contribution in [0.15, 0.2) is 53.6 Å². The second kappa shape index (κ2) is 8.72. The number of anilines is 1. The summed E-state index contributed by atoms with van der Waals surface area (Å²) in [7, 11) is -2.22. The topological polar surface area (TPSA) is 91.5 Å². The second-order valence-corrected chi connectivity index (χ2v) is 9.71. The first kappa shape index (κ1) is 21.4. The molecule has 1 aliphatic rings. The summed E-state index contributed by atoms with van der Waals surface area (Å²) >= 11 is 0. The standard InChI is InChI=1S/C23H27N3O4S/c1-16(23(27)19-15-24-20-9-5-4-8-18(19)20)25-17-10-11-21(30-2)22(14-17)31(28,29)26-12-6-3-7-13-26/h4-5,8-11,14-16,24-25H,3,6-7,12-13H2,1-2H3/t16-/m1/s1. The molecule has 0 saturated carbocycles. The van der Waals surface area contributed by atoms with Gasteiger partial charge in [0.05, 0.1) is 13.2 Å². The zero-order chi connectivity index (χ0) is 22.0. The van der Waals surface area contributed by atoms with Crippen molar-refractivity contribution in [3.63, 3.8) is 0 Å². The second-order valence-electron chi connectivity index (χ2n) is 7.81. The fraction of sp³-hybridized carbons (Fsp3) is 0.348. The van der Waals surface area contributed by atoms with Crippen LogP contribution < -0.4 is 10.1 Å². The molecule has 4 rings (SSSR count). The predicted octanol–water partition coefficient (Wildman–Crippen LogP) is 4.03. The molecule has 7 nitrogen and oxygen atoms in total. The molecular weight excluding hydrogens is 414 g/mol. The number of carbonyl (C=O) groups is 1. The Kier molecular flexibility index (Phi) is 6.02. The fourth-order valence-corrected chi connectivity index (χ4v) is 5.74. The number of ketones is 1. The number of ether oxygens (including phenoxy) is 1. The van der Waals surface area contributed by atoms with Crippen LogP contribution in [-0.2, 0) is 10.0 Å². The van der Waals surface area contributed by atoms with Gasteiger partial charge in [-0.2, -0.15) is 4.31 Å². The molecule has 1 aliphatic heterocycles. The Hall–Kier alpha value is -2.84. The normalized spacial score (nSPS) is 16.2. The number of para-hydroxylation sites is 1. The van der Waals surface area contributed by atoms with Gasteiger partial charge >= 0.3 is 0 Å². The molecule has 0 radical (unpaired) electrons. The first-order valence-electron chi connectivity index (χ1n) is 10.5. The van der Waals surface area contributed by atoms with E-state index in [4.69, 9.17) is 4.74 Å². The van der Waals surface area contributed by atoms with Crippen LogP contribution in [0, 0.1) is 0 Å². The molecule has 1 fully saturated rings. The molecule has 1 atom stereocenters. The Morgan fingerprint density at radius 1 is 1.13 bits per heavy atom. The summed E-state index contributed by atoms with van der Waals surface area (Å²) in [6.07, 6.45) is 4.47. The molecule has 2 N–H and O–H groups in total. The molecule has 2 aromatic carbocycles. The van der Waals surface area contributed by atoms with Crippen molar-refractivity contribution < 1.29 is 17.9 Å². The number of aromatic nitrogens is 1. The summed E-state index contributed by atoms with van der Waals surface area (Å²) in [5.41, 5.74) is 2.06. The highest BCUT2D eigenvalue weighted by molar-refractivity contribution is 7.89. The van der Waals surface area contributed by atoms with E-state index in [-0.39, 0.29) is 10.7 Å². The molecule has 0 aliphatic carbocycles. The molecule has 8 heteroatoms. The minimum absolute atomic E-state index is 0.0753. The maximum atomic E-state index is 13.2. The van der Waals surface area contributed by atoms with Gasteiger partial charge in [0.2, 0.25) is 10.0 Å². The van der Waals surface area contributed by atoms with E-state index in [1.165, 1.54) is 11.4 Å². The number of benzene rings is 2. The van der Waals surface area contributed by atoms with Gasteiger partial charge in [-0.3, -0.25) is 4.79 Å². The number of rotatable bonds is 7. The lowest BCUT2D eigenvalue weighted by atomic mass is 10.0. The third kappa shape index (κ3) is 4.18. The van der Waals surface area contributed by atoms with Crippen LogP contribution in [0.25, 0.3) is 10.9 Å². The van der Waals surface area contributed by atoms with Gasteiger partial charge in [-0.1, -0.05) is 24.6 Å². The van der Waals surface area contributed by atoms with Crippen molar-refractivity contribution in [2.75, 3.05) is 25.5 Å². The molecule has 3 aromatic rings. The monoisotopic (exact) mass is 441 g/mol. The Balaban J connectivity index is 1.60. The van der Waals surface area contributed by atoms with Crippen molar-refractivity contribution >= 4 is 32.4 Å². The molecular formula is C23H27N3O4S. The lowest BCUT2D eigenvalue weighted by Gasteiger charge is -2.27. The van der Waals surface area contributed by atoms with E-state index in [9.17, 15) is 13.2 Å². The SMILES string of the molecule is COc1ccc(N[C@H](C)C(=O)c2c[nH]c3ccccc23)cc1S(=O)(=O)N1CCCCC1. The van der Waals surface area contributed by atoms with Crippen molar-refractivity contribution in [1.82, 2.24) is 9.29 Å². The summed E-state index contributed by atoms with van der Waals surface area (Å²) in [6.45, 7) is 2.80. The average Bonchev–Trinajstić information content (AvgIpc) is 3.23. The predicted molar refractivity (Wildman–Crippen MR) is 121 cm³/mol. The van der Waals surface area contributed by atoms with Crippen LogP contribution in [0.4, 0.5) is 5.69 Å². The lowest BCUT2D eigenvalue weighted by molar-refractivity contribution is 0.0977. The number of piperidine rings is 1. The quantitative estimate of drug-likeness (QED) is 0.540. The van der Waals surface area contributed by atoms with Crippen LogP contribution in [0.1, 0.15) is 36.5 Å². The molecule has 164 valence electrons. The molecule has 2 heterocycles. The van der Waals surface area contributed by atoms with E-state index in [0.717, 1.165) is 30.2 Å². The van der Waals surface area contributed by atoms with E-state index in [2.05, 4.69) is 10.3 Å². The Morgan fingerprint density at radius 3 is 2.61 bits per heavy atom. The van der Waals surface area contributed by atoms with Gasteiger partial charge in [-0.25, -0.2) is 8.42 Å². The number of aromatic amines is 1. The van der Waals surface area contributed by atoms with Crippen LogP contribution >= 0.6 is 0 Å². The average molecular weight is 442 g/mol. The highest BCUT2D eigenvalue weighted by Crippen LogP contribution is 2.31. The highest BCUT2D eigenvalue weighted by atomic mass is 32.2. The van der Waals surface area contributed by atoms with Crippen LogP contribution in [0.5, 0.6) is 5.75 Å². The fourth-order valence-electron chi connectivity index (χ4n) is 4.04. The Bertz CT molecular complexity index is 1200. The van der Waals surface area contributed by atoms with Crippen molar-refractivity contribution in [2.45, 2.75) is 37.1 Å². The summed E-state index contributed by atoms with van der Waals surface area (Å²) in [4.78, 5) is 16.3. The third-order valence-corrected chi connectivity index (χ3v) is 7.65. The minimum Gasteiger partial charge on any atom is -0.495 e. The first-order chi connectivity index (χ1) is 14.9. The van der Waals surface area contributed by atoms with Crippen molar-refractivity contribution in [3.05, 3.63) is 54.2 Å². The molecule has 1 aromatic heterocycles. The van der Waals surface area contributed by atoms with Gasteiger partial charge in [-0.15, -0.1) is 0 Å². The molecule has 0 unspecified atom stereocenters. The third-order valence-electron chi connectivity index (χ3n) is 5.73. The Labute approximate surface area is 182 Å². The van der Waals surface area contributed by atoms with E-state index in [0.29, 0.717) is 30.1 Å². The van der Waals surface area contributed by atoms with E-state index in [1.54, 1.807) is 31.3 Å². The van der Waals surface area contributed by atoms with Crippen molar-refractivity contribution in [3.8, 4) is 5.75 Å². The molecule has 1 saturated heterocycles. The molecule has 0 bridgehead atoms. The van der Waals surface area contributed by atoms with E-state index < -0.39 is 16.1 Å². The maximum Gasteiger partial charge on any atom is 0.246 e. The van der Waals surface area contributed by atoms with E-state index >= 15 is 0 Å². The summed E-state index contributed by atoms with van der Waals surface area (Å²) in [5, 5.41) is 4.02. The Morgan fingerprint density at radius 2 is 1.87 bits per heavy atom. The lowest BCUT2D eigenvalue weighted by Crippen LogP contribution is -2.35. The summed E-state index contributed by atoms with van der Waals surface area (Å²) in [5.74, 6) is 0.223. The number of Topliss-reactive ketones (excluding diaryl/α,β-unsaturated/α-hetero) is 1. The zero-order valence-electron chi connectivity index (χ0n) is 17.7. The van der Waals surface area contributed by atoms with Gasteiger partial charge in [0.1, 0.15) is 10.6 Å². The number of hydrogen-bond donors (Lipinski definition) is 2. The number of hydrogen-bond acceptors (Lipinski definition) is 5. The molecule has 31 heavy (non-hydrogen) atoms. The largest absolute Gasteiger partial charge is 0.495 e. The van der Waals surface area contributed by atoms with Gasteiger partial charge < -0.3 is 15.0 Å². The number of methoxy groups -OCH3 is 1. The van der Waals surface area contributed by atoms with Gasteiger partial charge in [-0.05, 0) is 44.0 Å². The molecule has 0 spiro atoms. The number of H-pyrrole nitrogens is 1. The maximum absolute atomic E-state index is 13.2. The summed E-state index contributed by atoms with van der Waals surface area (Å²) < 4.78 is 33.3. The number of nitrogens with zero attached hydrogens (tertiary/aromatic N) is 1. The molecule has 0 amide bonds. The first-order valence-corrected chi connectivity index (χ1v) is 11.9. The highest BCUT2D eigenvalue weighted by Gasteiger charge is 2.29. The summed E-state index contributed by atoms with van der Waals surface area (Å²) in [6, 6.07) is 12.0. The van der Waals surface area contributed by atoms with Crippen LogP contribution in [0.3, 0.4) is 0 Å². The van der Waals surface area contributed by atoms with Crippen LogP contribution in [-0.4, -0.2) is 49.7 Å². The smallest absolute Gasteiger partial charge is 0.246 e. The number of sulfonamides is 1.